The smallest absolute Gasteiger partial charge is 0.240 e. The molecular weight excluding hydrogens is 256 g/mol. The largest absolute Gasteiger partial charge is 0.273 e. The fourth-order valence-electron chi connectivity index (χ4n) is 1.81. The number of nitrogens with one attached hydrogen (secondary N) is 1. The summed E-state index contributed by atoms with van der Waals surface area (Å²) in [5, 5.41) is 6.13. The number of unbranched alkanes of at least 4 members (excludes halogenated alkanes) is 5. The van der Waals surface area contributed by atoms with Crippen molar-refractivity contribution in [3.63, 3.8) is 0 Å². The molecule has 106 valence electrons. The Morgan fingerprint density at radius 2 is 2.00 bits per heavy atom. The fraction of sp³-hybridized carbons (Fsp3) is 0.600. The second-order valence-corrected chi connectivity index (χ2v) is 5.67. The van der Waals surface area contributed by atoms with E-state index in [4.69, 9.17) is 0 Å². The van der Waals surface area contributed by atoms with Crippen molar-refractivity contribution >= 4 is 23.0 Å². The van der Waals surface area contributed by atoms with E-state index in [1.165, 1.54) is 25.7 Å². The van der Waals surface area contributed by atoms with Gasteiger partial charge < -0.3 is 0 Å². The Hall–Kier alpha value is -1.16. The van der Waals surface area contributed by atoms with Gasteiger partial charge in [0.2, 0.25) is 5.91 Å². The van der Waals surface area contributed by atoms with Gasteiger partial charge in [-0.1, -0.05) is 45.1 Å². The molecule has 1 amide bonds. The fourth-order valence-corrected chi connectivity index (χ4v) is 2.48. The third-order valence-electron chi connectivity index (χ3n) is 2.98. The van der Waals surface area contributed by atoms with Crippen LogP contribution in [0, 0.1) is 0 Å². The number of amides is 1. The Labute approximate surface area is 120 Å². The minimum Gasteiger partial charge on any atom is -0.273 e. The van der Waals surface area contributed by atoms with Gasteiger partial charge in [0.1, 0.15) is 0 Å². The first-order valence-electron chi connectivity index (χ1n) is 7.11. The maximum Gasteiger partial charge on any atom is 0.240 e. The van der Waals surface area contributed by atoms with E-state index < -0.39 is 0 Å². The molecule has 0 saturated carbocycles. The summed E-state index contributed by atoms with van der Waals surface area (Å²) in [5.74, 6) is 0.0198. The molecule has 1 aromatic heterocycles. The van der Waals surface area contributed by atoms with Gasteiger partial charge in [-0.25, -0.2) is 5.43 Å². The number of hydrazone groups is 1. The van der Waals surface area contributed by atoms with Gasteiger partial charge in [-0.2, -0.15) is 5.10 Å². The average Bonchev–Trinajstić information content (AvgIpc) is 2.94. The Morgan fingerprint density at radius 3 is 2.68 bits per heavy atom. The zero-order valence-corrected chi connectivity index (χ0v) is 12.8. The summed E-state index contributed by atoms with van der Waals surface area (Å²) in [6.45, 7) is 4.12. The van der Waals surface area contributed by atoms with Crippen LogP contribution in [0.25, 0.3) is 0 Å². The maximum atomic E-state index is 11.6. The minimum atomic E-state index is 0.0198. The number of hydrogen-bond donors (Lipinski definition) is 1. The molecule has 1 N–H and O–H groups in total. The Bertz CT molecular complexity index is 385. The molecule has 0 radical (unpaired) electrons. The van der Waals surface area contributed by atoms with Crippen molar-refractivity contribution in [2.75, 3.05) is 0 Å². The van der Waals surface area contributed by atoms with Crippen LogP contribution in [0.5, 0.6) is 0 Å². The molecule has 0 aliphatic heterocycles. The second-order valence-electron chi connectivity index (χ2n) is 4.73. The molecular formula is C15H24N2OS. The molecule has 0 bridgehead atoms. The highest BCUT2D eigenvalue weighted by Crippen LogP contribution is 2.09. The van der Waals surface area contributed by atoms with E-state index in [-0.39, 0.29) is 5.91 Å². The first kappa shape index (κ1) is 15.9. The summed E-state index contributed by atoms with van der Waals surface area (Å²) >= 11 is 1.63. The number of carbonyl (C=O) groups is 1. The first-order valence-corrected chi connectivity index (χ1v) is 7.99. The van der Waals surface area contributed by atoms with E-state index in [0.29, 0.717) is 6.42 Å². The number of thiophene rings is 1. The van der Waals surface area contributed by atoms with E-state index >= 15 is 0 Å². The lowest BCUT2D eigenvalue weighted by atomic mass is 10.1. The highest BCUT2D eigenvalue weighted by Gasteiger charge is 2.01. The average molecular weight is 280 g/mol. The molecule has 1 heterocycles. The zero-order chi connectivity index (χ0) is 13.9. The third-order valence-corrected chi connectivity index (χ3v) is 3.96. The Balaban J connectivity index is 2.12. The van der Waals surface area contributed by atoms with E-state index in [1.807, 2.05) is 24.4 Å². The van der Waals surface area contributed by atoms with Crippen LogP contribution in [-0.2, 0) is 4.79 Å². The van der Waals surface area contributed by atoms with Crippen LogP contribution in [0.3, 0.4) is 0 Å². The SMILES string of the molecule is CCCCCCCCC(=O)NN=C(C)c1cccs1. The van der Waals surface area contributed by atoms with Crippen molar-refractivity contribution in [2.24, 2.45) is 5.10 Å². The standard InChI is InChI=1S/C15H24N2OS/c1-3-4-5-6-7-8-11-15(18)17-16-13(2)14-10-9-12-19-14/h9-10,12H,3-8,11H2,1-2H3,(H,17,18). The lowest BCUT2D eigenvalue weighted by Crippen LogP contribution is -2.18. The van der Waals surface area contributed by atoms with Gasteiger partial charge in [-0.15, -0.1) is 11.3 Å². The van der Waals surface area contributed by atoms with Crippen molar-refractivity contribution in [3.05, 3.63) is 22.4 Å². The van der Waals surface area contributed by atoms with E-state index in [0.717, 1.165) is 23.4 Å². The third kappa shape index (κ3) is 7.11. The number of rotatable bonds is 9. The van der Waals surface area contributed by atoms with Gasteiger partial charge in [0.25, 0.3) is 0 Å². The highest BCUT2D eigenvalue weighted by atomic mass is 32.1. The highest BCUT2D eigenvalue weighted by molar-refractivity contribution is 7.12. The minimum absolute atomic E-state index is 0.0198. The molecule has 0 spiro atoms. The molecule has 0 atom stereocenters. The number of carbonyl (C=O) groups excluding carboxylic acids is 1. The predicted molar refractivity (Wildman–Crippen MR) is 82.7 cm³/mol. The van der Waals surface area contributed by atoms with E-state index in [9.17, 15) is 4.79 Å². The topological polar surface area (TPSA) is 41.5 Å². The van der Waals surface area contributed by atoms with E-state index in [2.05, 4.69) is 17.5 Å². The van der Waals surface area contributed by atoms with Crippen LogP contribution >= 0.6 is 11.3 Å². The van der Waals surface area contributed by atoms with Gasteiger partial charge in [0, 0.05) is 11.3 Å². The van der Waals surface area contributed by atoms with Crippen LogP contribution in [-0.4, -0.2) is 11.6 Å². The normalized spacial score (nSPS) is 11.6. The first-order chi connectivity index (χ1) is 9.24. The quantitative estimate of drug-likeness (QED) is 0.408. The lowest BCUT2D eigenvalue weighted by molar-refractivity contribution is -0.121. The predicted octanol–water partition coefficient (Wildman–Crippen LogP) is 4.34. The van der Waals surface area contributed by atoms with Crippen molar-refractivity contribution in [3.8, 4) is 0 Å². The summed E-state index contributed by atoms with van der Waals surface area (Å²) in [5.41, 5.74) is 3.50. The van der Waals surface area contributed by atoms with Crippen molar-refractivity contribution in [1.82, 2.24) is 5.43 Å². The molecule has 19 heavy (non-hydrogen) atoms. The van der Waals surface area contributed by atoms with Gasteiger partial charge in [-0.3, -0.25) is 4.79 Å². The Morgan fingerprint density at radius 1 is 1.26 bits per heavy atom. The van der Waals surface area contributed by atoms with Crippen LogP contribution in [0.2, 0.25) is 0 Å². The van der Waals surface area contributed by atoms with Gasteiger partial charge >= 0.3 is 0 Å². The van der Waals surface area contributed by atoms with Crippen molar-refractivity contribution in [1.29, 1.82) is 0 Å². The van der Waals surface area contributed by atoms with Crippen molar-refractivity contribution in [2.45, 2.75) is 58.8 Å². The van der Waals surface area contributed by atoms with Gasteiger partial charge in [0.15, 0.2) is 0 Å². The molecule has 0 saturated heterocycles. The molecule has 0 unspecified atom stereocenters. The van der Waals surface area contributed by atoms with Crippen molar-refractivity contribution < 1.29 is 4.79 Å². The lowest BCUT2D eigenvalue weighted by Gasteiger charge is -2.02. The molecule has 4 heteroatoms. The van der Waals surface area contributed by atoms with Crippen LogP contribution in [0.1, 0.15) is 63.7 Å². The maximum absolute atomic E-state index is 11.6. The summed E-state index contributed by atoms with van der Waals surface area (Å²) in [7, 11) is 0. The summed E-state index contributed by atoms with van der Waals surface area (Å²) in [6.07, 6.45) is 7.76. The van der Waals surface area contributed by atoms with Gasteiger partial charge in [-0.05, 0) is 24.8 Å². The summed E-state index contributed by atoms with van der Waals surface area (Å²) in [4.78, 5) is 12.7. The molecule has 1 rings (SSSR count). The molecule has 1 aromatic rings. The molecule has 3 nitrogen and oxygen atoms in total. The number of hydrogen-bond acceptors (Lipinski definition) is 3. The van der Waals surface area contributed by atoms with Crippen LogP contribution in [0.15, 0.2) is 22.6 Å². The molecule has 0 aliphatic carbocycles. The van der Waals surface area contributed by atoms with Crippen LogP contribution in [0.4, 0.5) is 0 Å². The molecule has 0 aliphatic rings. The zero-order valence-electron chi connectivity index (χ0n) is 11.9. The number of nitrogens with zero attached hydrogens (tertiary/aromatic N) is 1. The molecule has 0 fully saturated rings. The summed E-state index contributed by atoms with van der Waals surface area (Å²) < 4.78 is 0. The Kier molecular flexibility index (Phi) is 8.14. The van der Waals surface area contributed by atoms with E-state index in [1.54, 1.807) is 11.3 Å². The molecule has 0 aromatic carbocycles. The van der Waals surface area contributed by atoms with Gasteiger partial charge in [0.05, 0.1) is 5.71 Å². The monoisotopic (exact) mass is 280 g/mol. The summed E-state index contributed by atoms with van der Waals surface area (Å²) in [6, 6.07) is 3.99. The van der Waals surface area contributed by atoms with Crippen LogP contribution < -0.4 is 5.43 Å². The second kappa shape index (κ2) is 9.73.